The number of nitrogens with zero attached hydrogens (tertiary/aromatic N) is 2. The third-order valence-corrected chi connectivity index (χ3v) is 3.43. The van der Waals surface area contributed by atoms with Gasteiger partial charge in [-0.25, -0.2) is 0 Å². The summed E-state index contributed by atoms with van der Waals surface area (Å²) in [5.74, 6) is 0. The normalized spacial score (nSPS) is 11.0. The fourth-order valence-corrected chi connectivity index (χ4v) is 2.65. The molecule has 3 nitrogen and oxygen atoms in total. The van der Waals surface area contributed by atoms with E-state index in [4.69, 9.17) is 10.5 Å². The molecule has 0 aromatic heterocycles. The molecule has 0 spiro atoms. The van der Waals surface area contributed by atoms with Gasteiger partial charge in [0.05, 0.1) is 0 Å². The van der Waals surface area contributed by atoms with Crippen molar-refractivity contribution >= 4 is 11.9 Å². The molecule has 0 bridgehead atoms. The van der Waals surface area contributed by atoms with Gasteiger partial charge in [0.1, 0.15) is 17.7 Å². The van der Waals surface area contributed by atoms with Crippen LogP contribution in [0, 0.1) is 22.7 Å². The van der Waals surface area contributed by atoms with Gasteiger partial charge in [-0.3, -0.25) is 4.79 Å². The number of hydrogen-bond acceptors (Lipinski definition) is 3. The molecule has 1 aliphatic rings. The first-order valence-corrected chi connectivity index (χ1v) is 6.04. The molecule has 0 atom stereocenters. The lowest BCUT2D eigenvalue weighted by molar-refractivity contribution is 0.112. The topological polar surface area (TPSA) is 64.7 Å². The SMILES string of the molecule is N#CC(C#N)=C1c2ccccc2-c2c(C=O)cccc21. The summed E-state index contributed by atoms with van der Waals surface area (Å²) in [4.78, 5) is 11.2. The minimum atomic E-state index is 0.0687. The summed E-state index contributed by atoms with van der Waals surface area (Å²) in [5.41, 5.74) is 4.55. The smallest absolute Gasteiger partial charge is 0.150 e. The second-order valence-corrected chi connectivity index (χ2v) is 4.41. The van der Waals surface area contributed by atoms with Crippen LogP contribution in [0.25, 0.3) is 16.7 Å². The van der Waals surface area contributed by atoms with E-state index in [-0.39, 0.29) is 5.57 Å². The molecule has 0 radical (unpaired) electrons. The Morgan fingerprint density at radius 1 is 0.900 bits per heavy atom. The Hall–Kier alpha value is -3.17. The second kappa shape index (κ2) is 4.50. The average molecular weight is 256 g/mol. The van der Waals surface area contributed by atoms with Crippen LogP contribution in [0.15, 0.2) is 48.0 Å². The van der Waals surface area contributed by atoms with Crippen LogP contribution in [0.2, 0.25) is 0 Å². The predicted molar refractivity (Wildman–Crippen MR) is 74.5 cm³/mol. The van der Waals surface area contributed by atoms with Crippen LogP contribution in [0.4, 0.5) is 0 Å². The van der Waals surface area contributed by atoms with E-state index in [9.17, 15) is 4.79 Å². The monoisotopic (exact) mass is 256 g/mol. The number of rotatable bonds is 1. The van der Waals surface area contributed by atoms with Crippen molar-refractivity contribution in [2.24, 2.45) is 0 Å². The van der Waals surface area contributed by atoms with Crippen molar-refractivity contribution in [3.63, 3.8) is 0 Å². The van der Waals surface area contributed by atoms with Crippen molar-refractivity contribution < 1.29 is 4.79 Å². The Kier molecular flexibility index (Phi) is 2.67. The number of aldehydes is 1. The molecule has 0 fully saturated rings. The van der Waals surface area contributed by atoms with Crippen LogP contribution >= 0.6 is 0 Å². The highest BCUT2D eigenvalue weighted by Gasteiger charge is 2.27. The number of carbonyl (C=O) groups is 1. The van der Waals surface area contributed by atoms with Crippen molar-refractivity contribution in [3.8, 4) is 23.3 Å². The maximum absolute atomic E-state index is 11.2. The number of fused-ring (bicyclic) bond motifs is 3. The number of hydrogen-bond donors (Lipinski definition) is 0. The van der Waals surface area contributed by atoms with Crippen LogP contribution in [0.1, 0.15) is 21.5 Å². The largest absolute Gasteiger partial charge is 0.298 e. The highest BCUT2D eigenvalue weighted by molar-refractivity contribution is 6.08. The Morgan fingerprint density at radius 3 is 2.20 bits per heavy atom. The van der Waals surface area contributed by atoms with Gasteiger partial charge in [-0.1, -0.05) is 42.5 Å². The van der Waals surface area contributed by atoms with Gasteiger partial charge in [0.15, 0.2) is 6.29 Å². The molecule has 0 unspecified atom stereocenters. The molecule has 20 heavy (non-hydrogen) atoms. The number of benzene rings is 2. The molecule has 0 heterocycles. The Morgan fingerprint density at radius 2 is 1.55 bits per heavy atom. The van der Waals surface area contributed by atoms with Crippen LogP contribution < -0.4 is 0 Å². The Labute approximate surface area is 116 Å². The van der Waals surface area contributed by atoms with Crippen LogP contribution in [0.5, 0.6) is 0 Å². The van der Waals surface area contributed by atoms with E-state index in [1.54, 1.807) is 12.1 Å². The summed E-state index contributed by atoms with van der Waals surface area (Å²) in [6.45, 7) is 0. The van der Waals surface area contributed by atoms with Gasteiger partial charge in [0.2, 0.25) is 0 Å². The van der Waals surface area contributed by atoms with Crippen molar-refractivity contribution in [2.75, 3.05) is 0 Å². The molecule has 92 valence electrons. The van der Waals surface area contributed by atoms with Gasteiger partial charge >= 0.3 is 0 Å². The van der Waals surface area contributed by atoms with Crippen molar-refractivity contribution in [1.29, 1.82) is 10.5 Å². The maximum Gasteiger partial charge on any atom is 0.150 e. The molecular formula is C17H8N2O. The standard InChI is InChI=1S/C17H8N2O/c18-8-12(9-19)17-14-6-2-1-5-13(14)16-11(10-20)4-3-7-15(16)17/h1-7,10H. The molecule has 3 heteroatoms. The quantitative estimate of drug-likeness (QED) is 0.495. The number of allylic oxidation sites excluding steroid dienone is 1. The highest BCUT2D eigenvalue weighted by Crippen LogP contribution is 2.46. The van der Waals surface area contributed by atoms with Gasteiger partial charge in [-0.05, 0) is 16.7 Å². The molecule has 2 aromatic carbocycles. The Balaban J connectivity index is 2.51. The fraction of sp³-hybridized carbons (Fsp3) is 0. The van der Waals surface area contributed by atoms with Gasteiger partial charge < -0.3 is 0 Å². The molecule has 2 aromatic rings. The first kappa shape index (κ1) is 11.9. The van der Waals surface area contributed by atoms with E-state index in [0.29, 0.717) is 11.1 Å². The third-order valence-electron chi connectivity index (χ3n) is 3.43. The fourth-order valence-electron chi connectivity index (χ4n) is 2.65. The Bertz CT molecular complexity index is 832. The van der Waals surface area contributed by atoms with Gasteiger partial charge in [0.25, 0.3) is 0 Å². The average Bonchev–Trinajstić information content (AvgIpc) is 2.84. The summed E-state index contributed by atoms with van der Waals surface area (Å²) < 4.78 is 0. The molecule has 0 amide bonds. The van der Waals surface area contributed by atoms with E-state index in [2.05, 4.69) is 0 Å². The zero-order chi connectivity index (χ0) is 14.1. The molecule has 0 saturated carbocycles. The second-order valence-electron chi connectivity index (χ2n) is 4.41. The first-order valence-electron chi connectivity index (χ1n) is 6.04. The van der Waals surface area contributed by atoms with E-state index >= 15 is 0 Å². The minimum Gasteiger partial charge on any atom is -0.298 e. The molecule has 0 N–H and O–H groups in total. The summed E-state index contributed by atoms with van der Waals surface area (Å²) >= 11 is 0. The molecular weight excluding hydrogens is 248 g/mol. The maximum atomic E-state index is 11.2. The van der Waals surface area contributed by atoms with Gasteiger partial charge in [-0.15, -0.1) is 0 Å². The lowest BCUT2D eigenvalue weighted by atomic mass is 9.98. The molecule has 0 aliphatic heterocycles. The number of nitriles is 2. The molecule has 0 saturated heterocycles. The number of carbonyl (C=O) groups excluding carboxylic acids is 1. The van der Waals surface area contributed by atoms with Crippen molar-refractivity contribution in [1.82, 2.24) is 0 Å². The minimum absolute atomic E-state index is 0.0687. The van der Waals surface area contributed by atoms with Crippen LogP contribution in [-0.2, 0) is 0 Å². The highest BCUT2D eigenvalue weighted by atomic mass is 16.1. The predicted octanol–water partition coefficient (Wildman–Crippen LogP) is 3.33. The summed E-state index contributed by atoms with van der Waals surface area (Å²) in [6.07, 6.45) is 0.803. The van der Waals surface area contributed by atoms with E-state index in [1.807, 2.05) is 42.5 Å². The van der Waals surface area contributed by atoms with Crippen LogP contribution in [-0.4, -0.2) is 6.29 Å². The van der Waals surface area contributed by atoms with E-state index in [1.165, 1.54) is 0 Å². The zero-order valence-corrected chi connectivity index (χ0v) is 10.4. The van der Waals surface area contributed by atoms with E-state index < -0.39 is 0 Å². The van der Waals surface area contributed by atoms with Crippen molar-refractivity contribution in [3.05, 3.63) is 64.7 Å². The summed E-state index contributed by atoms with van der Waals surface area (Å²) in [7, 11) is 0. The third kappa shape index (κ3) is 1.48. The van der Waals surface area contributed by atoms with Gasteiger partial charge in [0, 0.05) is 16.7 Å². The molecule has 1 aliphatic carbocycles. The zero-order valence-electron chi connectivity index (χ0n) is 10.4. The summed E-state index contributed by atoms with van der Waals surface area (Å²) in [6, 6.07) is 16.7. The van der Waals surface area contributed by atoms with Gasteiger partial charge in [-0.2, -0.15) is 10.5 Å². The van der Waals surface area contributed by atoms with E-state index in [0.717, 1.165) is 28.5 Å². The lowest BCUT2D eigenvalue weighted by Crippen LogP contribution is -1.89. The molecule has 3 rings (SSSR count). The first-order chi connectivity index (χ1) is 9.81. The van der Waals surface area contributed by atoms with Crippen LogP contribution in [0.3, 0.4) is 0 Å². The lowest BCUT2D eigenvalue weighted by Gasteiger charge is -2.03. The van der Waals surface area contributed by atoms with Crippen molar-refractivity contribution in [2.45, 2.75) is 0 Å². The summed E-state index contributed by atoms with van der Waals surface area (Å²) in [5, 5.41) is 18.3.